The summed E-state index contributed by atoms with van der Waals surface area (Å²) in [5, 5.41) is 1.07. The van der Waals surface area contributed by atoms with Gasteiger partial charge >= 0.3 is 0 Å². The van der Waals surface area contributed by atoms with Gasteiger partial charge in [0.05, 0.1) is 18.7 Å². The van der Waals surface area contributed by atoms with Crippen molar-refractivity contribution >= 4 is 10.9 Å². The average Bonchev–Trinajstić information content (AvgIpc) is 2.74. The number of ether oxygens (including phenoxy) is 2. The third-order valence-electron chi connectivity index (χ3n) is 6.08. The highest BCUT2D eigenvalue weighted by molar-refractivity contribution is 5.84. The lowest BCUT2D eigenvalue weighted by molar-refractivity contribution is -0.0443. The molecule has 4 nitrogen and oxygen atoms in total. The summed E-state index contributed by atoms with van der Waals surface area (Å²) in [7, 11) is 1.69. The largest absolute Gasteiger partial charge is 0.497 e. The summed E-state index contributed by atoms with van der Waals surface area (Å²) in [5.74, 6) is 4.99. The predicted molar refractivity (Wildman–Crippen MR) is 107 cm³/mol. The molecule has 27 heavy (non-hydrogen) atoms. The lowest BCUT2D eigenvalue weighted by Gasteiger charge is -2.50. The maximum absolute atomic E-state index is 6.12. The summed E-state index contributed by atoms with van der Waals surface area (Å²) < 4.78 is 11.6. The molecule has 5 rings (SSSR count). The van der Waals surface area contributed by atoms with Crippen LogP contribution in [0.25, 0.3) is 10.9 Å². The number of fused-ring (bicyclic) bond motifs is 4. The fraction of sp³-hybridized carbons (Fsp3) is 0.435. The van der Waals surface area contributed by atoms with Gasteiger partial charge in [-0.15, -0.1) is 6.58 Å². The Kier molecular flexibility index (Phi) is 5.05. The second-order valence-electron chi connectivity index (χ2n) is 7.42. The van der Waals surface area contributed by atoms with Crippen molar-refractivity contribution in [1.82, 2.24) is 9.88 Å². The quantitative estimate of drug-likeness (QED) is 0.590. The zero-order chi connectivity index (χ0) is 18.8. The Labute approximate surface area is 161 Å². The van der Waals surface area contributed by atoms with Gasteiger partial charge in [0, 0.05) is 30.6 Å². The highest BCUT2D eigenvalue weighted by atomic mass is 16.5. The van der Waals surface area contributed by atoms with E-state index < -0.39 is 0 Å². The number of pyridine rings is 1. The van der Waals surface area contributed by atoms with Crippen LogP contribution in [0, 0.1) is 23.9 Å². The minimum absolute atomic E-state index is 0.108. The second-order valence-corrected chi connectivity index (χ2v) is 7.42. The van der Waals surface area contributed by atoms with Crippen LogP contribution in [0.2, 0.25) is 0 Å². The number of methoxy groups -OCH3 is 1. The third kappa shape index (κ3) is 3.28. The molecule has 0 aliphatic carbocycles. The van der Waals surface area contributed by atoms with E-state index in [1.165, 1.54) is 6.42 Å². The number of benzene rings is 1. The number of rotatable bonds is 5. The van der Waals surface area contributed by atoms with Crippen LogP contribution in [0.4, 0.5) is 0 Å². The van der Waals surface area contributed by atoms with Crippen LogP contribution in [0.1, 0.15) is 31.4 Å². The van der Waals surface area contributed by atoms with E-state index in [-0.39, 0.29) is 6.10 Å². The van der Waals surface area contributed by atoms with Crippen molar-refractivity contribution in [3.8, 4) is 17.8 Å². The van der Waals surface area contributed by atoms with Gasteiger partial charge in [-0.1, -0.05) is 12.0 Å². The van der Waals surface area contributed by atoms with E-state index in [1.807, 2.05) is 25.3 Å². The minimum Gasteiger partial charge on any atom is -0.497 e. The van der Waals surface area contributed by atoms with Gasteiger partial charge in [0.25, 0.3) is 0 Å². The summed E-state index contributed by atoms with van der Waals surface area (Å²) >= 11 is 0. The summed E-state index contributed by atoms with van der Waals surface area (Å²) in [5.41, 5.74) is 2.08. The average molecular weight is 362 g/mol. The molecule has 0 amide bonds. The van der Waals surface area contributed by atoms with Gasteiger partial charge in [0.2, 0.25) is 0 Å². The molecular weight excluding hydrogens is 336 g/mol. The van der Waals surface area contributed by atoms with Crippen LogP contribution in [0.15, 0.2) is 43.1 Å². The second kappa shape index (κ2) is 7.62. The Hall–Kier alpha value is -2.51. The molecule has 0 saturated carbocycles. The summed E-state index contributed by atoms with van der Waals surface area (Å²) in [4.78, 5) is 7.08. The Morgan fingerprint density at radius 2 is 2.26 bits per heavy atom. The highest BCUT2D eigenvalue weighted by Crippen LogP contribution is 2.43. The minimum atomic E-state index is -0.108. The van der Waals surface area contributed by atoms with Crippen LogP contribution in [-0.2, 0) is 4.74 Å². The maximum Gasteiger partial charge on any atom is 0.152 e. The van der Waals surface area contributed by atoms with E-state index in [4.69, 9.17) is 9.47 Å². The van der Waals surface area contributed by atoms with Crippen molar-refractivity contribution in [2.45, 2.75) is 31.9 Å². The number of hydrogen-bond acceptors (Lipinski definition) is 4. The number of aromatic nitrogens is 1. The molecule has 3 fully saturated rings. The van der Waals surface area contributed by atoms with Crippen molar-refractivity contribution in [1.29, 1.82) is 0 Å². The van der Waals surface area contributed by atoms with E-state index in [2.05, 4.69) is 46.7 Å². The molecule has 4 heterocycles. The molecule has 5 atom stereocenters. The normalized spacial score (nSPS) is 27.5. The number of nitrogens with zero attached hydrogens (tertiary/aromatic N) is 2. The Morgan fingerprint density at radius 3 is 2.96 bits per heavy atom. The topological polar surface area (TPSA) is 34.6 Å². The Bertz CT molecular complexity index is 898. The molecule has 1 aromatic carbocycles. The third-order valence-corrected chi connectivity index (χ3v) is 6.08. The molecule has 0 N–H and O–H groups in total. The van der Waals surface area contributed by atoms with Crippen molar-refractivity contribution in [3.05, 3.63) is 48.7 Å². The standard InChI is InChI=1S/C23H26N2O2/c1-4-12-27-23(22-13-17-9-11-25(22)15-16(17)5-2)19-8-10-24-21-7-6-18(26-3)14-20(19)21/h5-8,10,14,16-17,22-23H,2,9,11,13,15H2,1,3H3/t16-,17-,22-,23+/m0/s1. The smallest absolute Gasteiger partial charge is 0.152 e. The lowest BCUT2D eigenvalue weighted by atomic mass is 9.73. The number of hydrogen-bond donors (Lipinski definition) is 0. The molecule has 4 heteroatoms. The molecule has 1 aromatic heterocycles. The molecule has 2 aromatic rings. The zero-order valence-corrected chi connectivity index (χ0v) is 16.0. The van der Waals surface area contributed by atoms with Crippen LogP contribution in [0.3, 0.4) is 0 Å². The monoisotopic (exact) mass is 362 g/mol. The molecule has 3 aliphatic rings. The first-order chi connectivity index (χ1) is 13.2. The fourth-order valence-electron chi connectivity index (χ4n) is 4.69. The molecule has 1 unspecified atom stereocenters. The van der Waals surface area contributed by atoms with Gasteiger partial charge in [-0.3, -0.25) is 9.88 Å². The highest BCUT2D eigenvalue weighted by Gasteiger charge is 2.43. The lowest BCUT2D eigenvalue weighted by Crippen LogP contribution is -2.55. The van der Waals surface area contributed by atoms with Gasteiger partial charge in [0.1, 0.15) is 11.9 Å². The van der Waals surface area contributed by atoms with Gasteiger partial charge < -0.3 is 9.47 Å². The zero-order valence-electron chi connectivity index (χ0n) is 16.0. The van der Waals surface area contributed by atoms with E-state index in [9.17, 15) is 0 Å². The van der Waals surface area contributed by atoms with E-state index >= 15 is 0 Å². The van der Waals surface area contributed by atoms with Gasteiger partial charge in [0.15, 0.2) is 6.10 Å². The summed E-state index contributed by atoms with van der Waals surface area (Å²) in [6.07, 6.45) is 9.11. The van der Waals surface area contributed by atoms with Gasteiger partial charge in [-0.2, -0.15) is 0 Å². The van der Waals surface area contributed by atoms with E-state index in [0.29, 0.717) is 17.9 Å². The molecule has 3 aliphatic heterocycles. The molecule has 0 spiro atoms. The van der Waals surface area contributed by atoms with Crippen LogP contribution in [-0.4, -0.2) is 36.1 Å². The number of piperidine rings is 3. The van der Waals surface area contributed by atoms with Crippen LogP contribution >= 0.6 is 0 Å². The van der Waals surface area contributed by atoms with Crippen molar-refractivity contribution in [2.24, 2.45) is 11.8 Å². The first-order valence-electron chi connectivity index (χ1n) is 9.61. The molecule has 2 bridgehead atoms. The molecule has 0 radical (unpaired) electrons. The molecular formula is C23H26N2O2. The van der Waals surface area contributed by atoms with Gasteiger partial charge in [-0.05, 0) is 55.5 Å². The van der Waals surface area contributed by atoms with Crippen LogP contribution in [0.5, 0.6) is 5.75 Å². The van der Waals surface area contributed by atoms with Crippen molar-refractivity contribution < 1.29 is 9.47 Å². The molecule has 140 valence electrons. The summed E-state index contributed by atoms with van der Waals surface area (Å²) in [6.45, 7) is 8.03. The van der Waals surface area contributed by atoms with Crippen LogP contribution < -0.4 is 4.74 Å². The van der Waals surface area contributed by atoms with Crippen molar-refractivity contribution in [3.63, 3.8) is 0 Å². The first-order valence-corrected chi connectivity index (χ1v) is 9.61. The van der Waals surface area contributed by atoms with Gasteiger partial charge in [-0.25, -0.2) is 0 Å². The Morgan fingerprint density at radius 1 is 1.37 bits per heavy atom. The maximum atomic E-state index is 6.12. The Balaban J connectivity index is 1.76. The molecule has 3 saturated heterocycles. The van der Waals surface area contributed by atoms with E-state index in [0.717, 1.165) is 41.7 Å². The van der Waals surface area contributed by atoms with Crippen molar-refractivity contribution in [2.75, 3.05) is 20.2 Å². The van der Waals surface area contributed by atoms with E-state index in [1.54, 1.807) is 7.11 Å². The predicted octanol–water partition coefficient (Wildman–Crippen LogP) is 4.18. The fourth-order valence-corrected chi connectivity index (χ4v) is 4.69. The SMILES string of the molecule is C=C[C@H]1CN2CC[C@H]1C[C@H]2[C@H](OC#CC)c1ccnc2ccc(OC)cc12. The first kappa shape index (κ1) is 17.9. The summed E-state index contributed by atoms with van der Waals surface area (Å²) in [6, 6.07) is 8.38.